The average molecular weight is 235 g/mol. The molecule has 3 N–H and O–H groups in total. The van der Waals surface area contributed by atoms with Crippen molar-refractivity contribution in [2.45, 2.75) is 0 Å². The molecule has 1 aliphatic rings. The summed E-state index contributed by atoms with van der Waals surface area (Å²) in [5, 5.41) is 17.8. The van der Waals surface area contributed by atoms with Crippen LogP contribution in [-0.4, -0.2) is 28.7 Å². The van der Waals surface area contributed by atoms with E-state index >= 15 is 0 Å². The second kappa shape index (κ2) is 4.26. The molecule has 1 aliphatic heterocycles. The lowest BCUT2D eigenvalue weighted by Crippen LogP contribution is -2.17. The fourth-order valence-corrected chi connectivity index (χ4v) is 1.54. The summed E-state index contributed by atoms with van der Waals surface area (Å²) < 4.78 is 0. The first kappa shape index (κ1) is 11.2. The van der Waals surface area contributed by atoms with Crippen LogP contribution in [0.4, 0.5) is 0 Å². The van der Waals surface area contributed by atoms with Crippen LogP contribution in [0.5, 0.6) is 5.75 Å². The van der Waals surface area contributed by atoms with Gasteiger partial charge in [0.15, 0.2) is 5.75 Å². The second-order valence-electron chi connectivity index (χ2n) is 3.39. The van der Waals surface area contributed by atoms with E-state index in [-0.39, 0.29) is 23.4 Å². The maximum absolute atomic E-state index is 11.0. The van der Waals surface area contributed by atoms with Crippen LogP contribution in [-0.2, 0) is 4.79 Å². The van der Waals surface area contributed by atoms with E-state index in [0.29, 0.717) is 5.56 Å². The normalized spacial score (nSPS) is 14.0. The van der Waals surface area contributed by atoms with E-state index in [4.69, 9.17) is 15.1 Å². The Morgan fingerprint density at radius 1 is 1.24 bits per heavy atom. The summed E-state index contributed by atoms with van der Waals surface area (Å²) in [6, 6.07) is 4.05. The molecular weight excluding hydrogens is 226 g/mol. The minimum Gasteiger partial charge on any atom is -0.478 e. The molecule has 0 fully saturated rings. The lowest BCUT2D eigenvalue weighted by Gasteiger charge is -2.08. The molecule has 0 radical (unpaired) electrons. The SMILES string of the molecule is O=C(O)C1=CCNOc2cc(C(=O)O)ccc21. The van der Waals surface area contributed by atoms with Gasteiger partial charge in [-0.15, -0.1) is 0 Å². The second-order valence-corrected chi connectivity index (χ2v) is 3.39. The van der Waals surface area contributed by atoms with Crippen LogP contribution in [0.1, 0.15) is 15.9 Å². The molecule has 1 heterocycles. The largest absolute Gasteiger partial charge is 0.478 e. The average Bonchev–Trinajstić information content (AvgIpc) is 2.49. The zero-order valence-electron chi connectivity index (χ0n) is 8.64. The number of fused-ring (bicyclic) bond motifs is 1. The molecule has 6 nitrogen and oxygen atoms in total. The van der Waals surface area contributed by atoms with Crippen LogP contribution >= 0.6 is 0 Å². The Bertz CT molecular complexity index is 521. The number of hydrogen-bond donors (Lipinski definition) is 3. The predicted octanol–water partition coefficient (Wildman–Crippen LogP) is 0.750. The quantitative estimate of drug-likeness (QED) is 0.700. The highest BCUT2D eigenvalue weighted by Crippen LogP contribution is 2.28. The summed E-state index contributed by atoms with van der Waals surface area (Å²) in [7, 11) is 0. The van der Waals surface area contributed by atoms with Crippen molar-refractivity contribution in [3.63, 3.8) is 0 Å². The molecule has 0 saturated heterocycles. The number of carboxylic acids is 2. The van der Waals surface area contributed by atoms with E-state index in [9.17, 15) is 9.59 Å². The topological polar surface area (TPSA) is 95.9 Å². The smallest absolute Gasteiger partial charge is 0.336 e. The number of nitrogens with one attached hydrogen (secondary N) is 1. The highest BCUT2D eigenvalue weighted by molar-refractivity contribution is 6.16. The molecule has 6 heteroatoms. The molecule has 88 valence electrons. The van der Waals surface area contributed by atoms with Crippen molar-refractivity contribution in [1.82, 2.24) is 5.48 Å². The molecular formula is C11H9NO5. The summed E-state index contributed by atoms with van der Waals surface area (Å²) in [6.45, 7) is 0.235. The lowest BCUT2D eigenvalue weighted by molar-refractivity contribution is -0.130. The summed E-state index contributed by atoms with van der Waals surface area (Å²) >= 11 is 0. The van der Waals surface area contributed by atoms with Gasteiger partial charge in [-0.3, -0.25) is 0 Å². The molecule has 17 heavy (non-hydrogen) atoms. The van der Waals surface area contributed by atoms with Crippen molar-refractivity contribution in [2.75, 3.05) is 6.54 Å². The monoisotopic (exact) mass is 235 g/mol. The predicted molar refractivity (Wildman–Crippen MR) is 57.6 cm³/mol. The number of benzene rings is 1. The molecule has 1 aromatic carbocycles. The van der Waals surface area contributed by atoms with Gasteiger partial charge in [-0.25, -0.2) is 9.59 Å². The summed E-state index contributed by atoms with van der Waals surface area (Å²) in [5.74, 6) is -1.99. The summed E-state index contributed by atoms with van der Waals surface area (Å²) in [5.41, 5.74) is 3.00. The van der Waals surface area contributed by atoms with E-state index < -0.39 is 11.9 Å². The number of hydroxylamine groups is 1. The number of rotatable bonds is 2. The molecule has 0 saturated carbocycles. The van der Waals surface area contributed by atoms with E-state index in [1.807, 2.05) is 0 Å². The van der Waals surface area contributed by atoms with Crippen LogP contribution in [0, 0.1) is 0 Å². The van der Waals surface area contributed by atoms with Gasteiger partial charge in [0, 0.05) is 5.56 Å². The zero-order valence-corrected chi connectivity index (χ0v) is 8.64. The number of carboxylic acid groups (broad SMARTS) is 2. The molecule has 0 atom stereocenters. The first-order valence-corrected chi connectivity index (χ1v) is 4.80. The highest BCUT2D eigenvalue weighted by atomic mass is 16.6. The van der Waals surface area contributed by atoms with Crippen molar-refractivity contribution in [1.29, 1.82) is 0 Å². The number of aromatic carboxylic acids is 1. The first-order valence-electron chi connectivity index (χ1n) is 4.80. The first-order chi connectivity index (χ1) is 8.09. The van der Waals surface area contributed by atoms with Gasteiger partial charge in [-0.2, -0.15) is 5.48 Å². The Morgan fingerprint density at radius 2 is 2.00 bits per heavy atom. The number of carbonyl (C=O) groups is 2. The van der Waals surface area contributed by atoms with Crippen molar-refractivity contribution in [3.8, 4) is 5.75 Å². The van der Waals surface area contributed by atoms with Gasteiger partial charge in [0.25, 0.3) is 0 Å². The standard InChI is InChI=1S/C11H9NO5/c13-10(14)6-1-2-7-8(11(15)16)3-4-12-17-9(7)5-6/h1-3,5,12H,4H2,(H,13,14)(H,15,16). The third kappa shape index (κ3) is 2.11. The molecule has 0 unspecified atom stereocenters. The van der Waals surface area contributed by atoms with Crippen LogP contribution in [0.2, 0.25) is 0 Å². The maximum Gasteiger partial charge on any atom is 0.336 e. The van der Waals surface area contributed by atoms with Crippen molar-refractivity contribution < 1.29 is 24.6 Å². The maximum atomic E-state index is 11.0. The van der Waals surface area contributed by atoms with Gasteiger partial charge in [-0.05, 0) is 18.2 Å². The molecule has 0 bridgehead atoms. The number of hydrogen-bond acceptors (Lipinski definition) is 4. The molecule has 2 rings (SSSR count). The minimum atomic E-state index is -1.10. The fraction of sp³-hybridized carbons (Fsp3) is 0.0909. The van der Waals surface area contributed by atoms with Crippen LogP contribution in [0.15, 0.2) is 24.3 Å². The van der Waals surface area contributed by atoms with E-state index in [1.165, 1.54) is 24.3 Å². The third-order valence-corrected chi connectivity index (χ3v) is 2.32. The van der Waals surface area contributed by atoms with Crippen molar-refractivity contribution >= 4 is 17.5 Å². The van der Waals surface area contributed by atoms with Crippen molar-refractivity contribution in [2.24, 2.45) is 0 Å². The Hall–Kier alpha value is -2.34. The van der Waals surface area contributed by atoms with Crippen LogP contribution in [0.3, 0.4) is 0 Å². The minimum absolute atomic E-state index is 0.0391. The molecule has 0 spiro atoms. The Balaban J connectivity index is 2.53. The fourth-order valence-electron chi connectivity index (χ4n) is 1.54. The highest BCUT2D eigenvalue weighted by Gasteiger charge is 2.19. The molecule has 0 amide bonds. The molecule has 0 aromatic heterocycles. The van der Waals surface area contributed by atoms with Crippen molar-refractivity contribution in [3.05, 3.63) is 35.4 Å². The Labute approximate surface area is 96.1 Å². The number of aliphatic carboxylic acids is 1. The molecule has 0 aliphatic carbocycles. The van der Waals surface area contributed by atoms with Gasteiger partial charge < -0.3 is 15.1 Å². The van der Waals surface area contributed by atoms with Crippen LogP contribution < -0.4 is 10.3 Å². The third-order valence-electron chi connectivity index (χ3n) is 2.32. The van der Waals surface area contributed by atoms with Gasteiger partial charge in [0.2, 0.25) is 0 Å². The van der Waals surface area contributed by atoms with Gasteiger partial charge in [0.1, 0.15) is 0 Å². The zero-order chi connectivity index (χ0) is 12.4. The van der Waals surface area contributed by atoms with E-state index in [1.54, 1.807) is 0 Å². The molecule has 1 aromatic rings. The van der Waals surface area contributed by atoms with Gasteiger partial charge in [0.05, 0.1) is 17.7 Å². The lowest BCUT2D eigenvalue weighted by atomic mass is 10.0. The van der Waals surface area contributed by atoms with Gasteiger partial charge in [-0.1, -0.05) is 6.08 Å². The Kier molecular flexibility index (Phi) is 2.80. The van der Waals surface area contributed by atoms with E-state index in [2.05, 4.69) is 5.48 Å². The Morgan fingerprint density at radius 3 is 2.65 bits per heavy atom. The van der Waals surface area contributed by atoms with Gasteiger partial charge >= 0.3 is 11.9 Å². The summed E-state index contributed by atoms with van der Waals surface area (Å²) in [4.78, 5) is 26.9. The van der Waals surface area contributed by atoms with E-state index in [0.717, 1.165) is 0 Å². The summed E-state index contributed by atoms with van der Waals surface area (Å²) in [6.07, 6.45) is 1.47. The van der Waals surface area contributed by atoms with Crippen LogP contribution in [0.25, 0.3) is 5.57 Å².